The quantitative estimate of drug-likeness (QED) is 0.0330. The molecule has 1 aliphatic heterocycles. The Morgan fingerprint density at radius 3 is 0.910 bits per heavy atom. The van der Waals surface area contributed by atoms with Crippen LogP contribution in [0.5, 0.6) is 0 Å². The molecule has 1 saturated heterocycles. The van der Waals surface area contributed by atoms with Gasteiger partial charge in [0.15, 0.2) is 6.29 Å². The number of amides is 1. The summed E-state index contributed by atoms with van der Waals surface area (Å²) in [6.07, 6.45) is 67.5. The Morgan fingerprint density at radius 2 is 0.641 bits per heavy atom. The largest absolute Gasteiger partial charge is 0.394 e. The molecule has 0 spiro atoms. The Labute approximate surface area is 484 Å². The van der Waals surface area contributed by atoms with Crippen molar-refractivity contribution in [3.05, 3.63) is 0 Å². The number of hydrogen-bond donors (Lipinski definition) is 6. The summed E-state index contributed by atoms with van der Waals surface area (Å²) >= 11 is 0. The first-order valence-electron chi connectivity index (χ1n) is 35.2. The highest BCUT2D eigenvalue weighted by atomic mass is 16.7. The van der Waals surface area contributed by atoms with Crippen molar-refractivity contribution < 1.29 is 39.8 Å². The SMILES string of the molecule is CCCCCCCCCCCCCCCCCCCCCCCCCCCCCCCCCC(=O)NC(COC1OC(CO)C(O)C(O)C1O)C(O)CCCCCCCCCCCCCCCCCCCCCCCCCC. The molecule has 1 rings (SSSR count). The third kappa shape index (κ3) is 47.7. The monoisotopic (exact) mass is 1110 g/mol. The van der Waals surface area contributed by atoms with Gasteiger partial charge in [-0.2, -0.15) is 0 Å². The van der Waals surface area contributed by atoms with E-state index in [1.54, 1.807) is 0 Å². The molecule has 7 atom stereocenters. The van der Waals surface area contributed by atoms with E-state index in [0.29, 0.717) is 12.8 Å². The summed E-state index contributed by atoms with van der Waals surface area (Å²) in [6, 6.07) is -0.715. The second-order valence-electron chi connectivity index (χ2n) is 25.0. The van der Waals surface area contributed by atoms with Gasteiger partial charge in [-0.15, -0.1) is 0 Å². The molecule has 1 heterocycles. The van der Waals surface area contributed by atoms with Crippen LogP contribution in [-0.2, 0) is 14.3 Å². The number of unbranched alkanes of at least 4 members (excludes halogenated alkanes) is 53. The Morgan fingerprint density at radius 1 is 0.385 bits per heavy atom. The van der Waals surface area contributed by atoms with Gasteiger partial charge in [0, 0.05) is 6.42 Å². The summed E-state index contributed by atoms with van der Waals surface area (Å²) in [5.41, 5.74) is 0. The zero-order valence-corrected chi connectivity index (χ0v) is 52.2. The lowest BCUT2D eigenvalue weighted by Crippen LogP contribution is -2.60. The van der Waals surface area contributed by atoms with E-state index in [2.05, 4.69) is 19.2 Å². The molecule has 466 valence electrons. The standard InChI is InChI=1S/C69H137NO8/c1-3-5-7-9-11-13-15-17-19-21-23-25-27-29-30-31-32-33-34-35-37-39-41-43-45-47-49-51-53-55-57-59-65(73)70-62(61-77-69-68(76)67(75)66(74)64(60-71)78-69)63(72)58-56-54-52-50-48-46-44-42-40-38-36-28-26-24-22-20-18-16-14-12-10-8-6-4-2/h62-64,66-69,71-72,74-76H,3-61H2,1-2H3,(H,70,73). The van der Waals surface area contributed by atoms with Crippen LogP contribution in [0, 0.1) is 0 Å². The molecule has 1 fully saturated rings. The second-order valence-corrected chi connectivity index (χ2v) is 25.0. The van der Waals surface area contributed by atoms with Gasteiger partial charge in [0.25, 0.3) is 0 Å². The van der Waals surface area contributed by atoms with Crippen molar-refractivity contribution in [2.24, 2.45) is 0 Å². The summed E-state index contributed by atoms with van der Waals surface area (Å²) in [7, 11) is 0. The minimum absolute atomic E-state index is 0.130. The summed E-state index contributed by atoms with van der Waals surface area (Å²) in [5.74, 6) is -0.133. The average molecular weight is 1110 g/mol. The predicted octanol–water partition coefficient (Wildman–Crippen LogP) is 18.9. The molecule has 9 heteroatoms. The zero-order valence-electron chi connectivity index (χ0n) is 52.2. The smallest absolute Gasteiger partial charge is 0.220 e. The number of ether oxygens (including phenoxy) is 2. The Bertz CT molecular complexity index is 1190. The van der Waals surface area contributed by atoms with Crippen LogP contribution < -0.4 is 5.32 Å². The predicted molar refractivity (Wildman–Crippen MR) is 332 cm³/mol. The van der Waals surface area contributed by atoms with E-state index < -0.39 is 49.5 Å². The highest BCUT2D eigenvalue weighted by Gasteiger charge is 2.44. The Balaban J connectivity index is 2.09. The number of aliphatic hydroxyl groups excluding tert-OH is 5. The fourth-order valence-corrected chi connectivity index (χ4v) is 11.9. The van der Waals surface area contributed by atoms with Gasteiger partial charge in [0.05, 0.1) is 25.4 Å². The lowest BCUT2D eigenvalue weighted by molar-refractivity contribution is -0.302. The normalized spacial score (nSPS) is 18.5. The zero-order chi connectivity index (χ0) is 56.5. The van der Waals surface area contributed by atoms with Gasteiger partial charge in [-0.1, -0.05) is 361 Å². The average Bonchev–Trinajstić information content (AvgIpc) is 3.45. The molecule has 9 nitrogen and oxygen atoms in total. The molecule has 0 radical (unpaired) electrons. The number of carbonyl (C=O) groups excluding carboxylic acids is 1. The maximum absolute atomic E-state index is 13.1. The van der Waals surface area contributed by atoms with Gasteiger partial charge >= 0.3 is 0 Å². The second kappa shape index (κ2) is 59.4. The molecule has 0 bridgehead atoms. The number of aliphatic hydroxyl groups is 5. The van der Waals surface area contributed by atoms with E-state index in [1.165, 1.54) is 315 Å². The van der Waals surface area contributed by atoms with Gasteiger partial charge in [0.1, 0.15) is 24.4 Å². The van der Waals surface area contributed by atoms with Crippen LogP contribution in [0.25, 0.3) is 0 Å². The van der Waals surface area contributed by atoms with Crippen LogP contribution in [-0.4, -0.2) is 87.5 Å². The van der Waals surface area contributed by atoms with E-state index in [-0.39, 0.29) is 12.5 Å². The number of hydrogen-bond acceptors (Lipinski definition) is 8. The minimum atomic E-state index is -1.55. The van der Waals surface area contributed by atoms with E-state index in [1.807, 2.05) is 0 Å². The van der Waals surface area contributed by atoms with Gasteiger partial charge in [-0.25, -0.2) is 0 Å². The van der Waals surface area contributed by atoms with Crippen LogP contribution in [0.15, 0.2) is 0 Å². The summed E-state index contributed by atoms with van der Waals surface area (Å²) < 4.78 is 11.4. The van der Waals surface area contributed by atoms with Gasteiger partial charge < -0.3 is 40.3 Å². The third-order valence-corrected chi connectivity index (χ3v) is 17.5. The van der Waals surface area contributed by atoms with Gasteiger partial charge in [-0.3, -0.25) is 4.79 Å². The van der Waals surface area contributed by atoms with Crippen molar-refractivity contribution >= 4 is 5.91 Å². The number of carbonyl (C=O) groups is 1. The van der Waals surface area contributed by atoms with Crippen LogP contribution >= 0.6 is 0 Å². The van der Waals surface area contributed by atoms with Crippen LogP contribution in [0.1, 0.15) is 380 Å². The summed E-state index contributed by atoms with van der Waals surface area (Å²) in [5, 5.41) is 54.9. The molecular weight excluding hydrogens is 971 g/mol. The lowest BCUT2D eigenvalue weighted by Gasteiger charge is -2.40. The first-order valence-corrected chi connectivity index (χ1v) is 35.2. The molecule has 0 aromatic carbocycles. The molecule has 0 aliphatic carbocycles. The van der Waals surface area contributed by atoms with Crippen LogP contribution in [0.2, 0.25) is 0 Å². The summed E-state index contributed by atoms with van der Waals surface area (Å²) in [6.45, 7) is 3.91. The van der Waals surface area contributed by atoms with Crippen molar-refractivity contribution in [3.63, 3.8) is 0 Å². The van der Waals surface area contributed by atoms with E-state index in [9.17, 15) is 30.3 Å². The third-order valence-electron chi connectivity index (χ3n) is 17.5. The molecule has 0 aromatic rings. The molecule has 0 aromatic heterocycles. The molecule has 6 N–H and O–H groups in total. The number of rotatable bonds is 63. The van der Waals surface area contributed by atoms with Gasteiger partial charge in [0.2, 0.25) is 5.91 Å². The fraction of sp³-hybridized carbons (Fsp3) is 0.986. The lowest BCUT2D eigenvalue weighted by atomic mass is 9.99. The maximum Gasteiger partial charge on any atom is 0.220 e. The molecule has 1 aliphatic rings. The highest BCUT2D eigenvalue weighted by Crippen LogP contribution is 2.24. The molecule has 78 heavy (non-hydrogen) atoms. The van der Waals surface area contributed by atoms with Crippen molar-refractivity contribution in [2.45, 2.75) is 423 Å². The van der Waals surface area contributed by atoms with Gasteiger partial charge in [-0.05, 0) is 12.8 Å². The van der Waals surface area contributed by atoms with E-state index >= 15 is 0 Å². The van der Waals surface area contributed by atoms with Crippen molar-refractivity contribution in [1.29, 1.82) is 0 Å². The first kappa shape index (κ1) is 75.2. The molecule has 0 saturated carbocycles. The topological polar surface area (TPSA) is 149 Å². The maximum atomic E-state index is 13.1. The van der Waals surface area contributed by atoms with Crippen LogP contribution in [0.4, 0.5) is 0 Å². The minimum Gasteiger partial charge on any atom is -0.394 e. The Kier molecular flexibility index (Phi) is 57.2. The molecular formula is C69H137NO8. The highest BCUT2D eigenvalue weighted by molar-refractivity contribution is 5.76. The first-order chi connectivity index (χ1) is 38.3. The van der Waals surface area contributed by atoms with E-state index in [0.717, 1.165) is 38.5 Å². The molecule has 7 unspecified atom stereocenters. The van der Waals surface area contributed by atoms with Crippen molar-refractivity contribution in [3.8, 4) is 0 Å². The van der Waals surface area contributed by atoms with Crippen molar-refractivity contribution in [1.82, 2.24) is 5.32 Å². The Hall–Kier alpha value is -0.810. The fourth-order valence-electron chi connectivity index (χ4n) is 11.9. The van der Waals surface area contributed by atoms with E-state index in [4.69, 9.17) is 9.47 Å². The summed E-state index contributed by atoms with van der Waals surface area (Å²) in [4.78, 5) is 13.1. The van der Waals surface area contributed by atoms with Crippen LogP contribution in [0.3, 0.4) is 0 Å². The number of nitrogens with one attached hydrogen (secondary N) is 1. The molecule has 1 amide bonds. The van der Waals surface area contributed by atoms with Crippen molar-refractivity contribution in [2.75, 3.05) is 13.2 Å².